The fourth-order valence-corrected chi connectivity index (χ4v) is 2.91. The summed E-state index contributed by atoms with van der Waals surface area (Å²) in [6.45, 7) is 3.14. The highest BCUT2D eigenvalue weighted by atomic mass is 32.1. The quantitative estimate of drug-likeness (QED) is 0.603. The molecule has 0 saturated heterocycles. The zero-order valence-corrected chi connectivity index (χ0v) is 14.8. The van der Waals surface area contributed by atoms with Crippen molar-refractivity contribution in [2.75, 3.05) is 6.61 Å². The molecule has 0 aliphatic carbocycles. The summed E-state index contributed by atoms with van der Waals surface area (Å²) < 4.78 is 10.9. The van der Waals surface area contributed by atoms with Gasteiger partial charge < -0.3 is 14.6 Å². The average Bonchev–Trinajstić information content (AvgIpc) is 3.32. The molecule has 0 radical (unpaired) electrons. The topological polar surface area (TPSA) is 64.4 Å². The molecule has 2 aromatic heterocycles. The van der Waals surface area contributed by atoms with Crippen LogP contribution in [0.1, 0.15) is 35.8 Å². The van der Waals surface area contributed by atoms with Crippen molar-refractivity contribution in [3.05, 3.63) is 59.1 Å². The molecule has 0 aliphatic rings. The Morgan fingerprint density at radius 2 is 2.12 bits per heavy atom. The van der Waals surface area contributed by atoms with Gasteiger partial charge in [-0.3, -0.25) is 4.79 Å². The lowest BCUT2D eigenvalue weighted by molar-refractivity contribution is 0.0950. The van der Waals surface area contributed by atoms with Gasteiger partial charge in [0.25, 0.3) is 5.91 Å². The molecule has 3 aromatic rings. The Balaban J connectivity index is 1.52. The van der Waals surface area contributed by atoms with Crippen molar-refractivity contribution in [3.63, 3.8) is 0 Å². The monoisotopic (exact) mass is 356 g/mol. The number of aromatic nitrogens is 1. The number of nitrogens with zero attached hydrogens (tertiary/aromatic N) is 1. The third kappa shape index (κ3) is 4.70. The maximum absolute atomic E-state index is 12.2. The lowest BCUT2D eigenvalue weighted by Crippen LogP contribution is -2.22. The van der Waals surface area contributed by atoms with Crippen LogP contribution < -0.4 is 10.1 Å². The Morgan fingerprint density at radius 3 is 2.84 bits per heavy atom. The van der Waals surface area contributed by atoms with Crippen molar-refractivity contribution in [3.8, 4) is 16.4 Å². The van der Waals surface area contributed by atoms with Crippen LogP contribution in [-0.4, -0.2) is 17.7 Å². The van der Waals surface area contributed by atoms with Gasteiger partial charge >= 0.3 is 0 Å². The second-order valence-electron chi connectivity index (χ2n) is 5.57. The van der Waals surface area contributed by atoms with E-state index in [-0.39, 0.29) is 5.91 Å². The molecule has 6 heteroatoms. The highest BCUT2D eigenvalue weighted by Crippen LogP contribution is 2.25. The number of thiophene rings is 1. The SMILES string of the molecule is CCCCOc1ccc(C(=O)NCc2cc(-c3cccs3)on2)cc1. The lowest BCUT2D eigenvalue weighted by Gasteiger charge is -2.06. The summed E-state index contributed by atoms with van der Waals surface area (Å²) in [4.78, 5) is 13.2. The summed E-state index contributed by atoms with van der Waals surface area (Å²) in [7, 11) is 0. The third-order valence-corrected chi connectivity index (χ3v) is 4.52. The minimum absolute atomic E-state index is 0.152. The molecule has 0 spiro atoms. The number of hydrogen-bond donors (Lipinski definition) is 1. The van der Waals surface area contributed by atoms with Crippen LogP contribution in [0.5, 0.6) is 5.75 Å². The first kappa shape index (κ1) is 17.2. The van der Waals surface area contributed by atoms with E-state index in [1.165, 1.54) is 0 Å². The van der Waals surface area contributed by atoms with Crippen LogP contribution in [0.4, 0.5) is 0 Å². The number of carbonyl (C=O) groups is 1. The van der Waals surface area contributed by atoms with E-state index in [9.17, 15) is 4.79 Å². The minimum Gasteiger partial charge on any atom is -0.494 e. The highest BCUT2D eigenvalue weighted by molar-refractivity contribution is 7.13. The molecule has 5 nitrogen and oxygen atoms in total. The molecule has 0 aliphatic heterocycles. The van der Waals surface area contributed by atoms with Crippen LogP contribution in [0.2, 0.25) is 0 Å². The smallest absolute Gasteiger partial charge is 0.251 e. The summed E-state index contributed by atoms with van der Waals surface area (Å²) in [6, 6.07) is 12.9. The van der Waals surface area contributed by atoms with Crippen LogP contribution in [-0.2, 0) is 6.54 Å². The van der Waals surface area contributed by atoms with E-state index in [2.05, 4.69) is 17.4 Å². The molecule has 1 aromatic carbocycles. The van der Waals surface area contributed by atoms with Crippen molar-refractivity contribution in [2.45, 2.75) is 26.3 Å². The van der Waals surface area contributed by atoms with Crippen molar-refractivity contribution >= 4 is 17.2 Å². The standard InChI is InChI=1S/C19H20N2O3S/c1-2-3-10-23-16-8-6-14(7-9-16)19(22)20-13-15-12-17(24-21-15)18-5-4-11-25-18/h4-9,11-12H,2-3,10,13H2,1H3,(H,20,22). The summed E-state index contributed by atoms with van der Waals surface area (Å²) in [5, 5.41) is 8.82. The number of hydrogen-bond acceptors (Lipinski definition) is 5. The van der Waals surface area contributed by atoms with Crippen LogP contribution >= 0.6 is 11.3 Å². The van der Waals surface area contributed by atoms with E-state index in [1.54, 1.807) is 23.5 Å². The van der Waals surface area contributed by atoms with Crippen LogP contribution in [0, 0.1) is 0 Å². The zero-order chi connectivity index (χ0) is 17.5. The molecule has 1 N–H and O–H groups in total. The largest absolute Gasteiger partial charge is 0.494 e. The van der Waals surface area contributed by atoms with Gasteiger partial charge in [0.2, 0.25) is 0 Å². The van der Waals surface area contributed by atoms with Gasteiger partial charge in [-0.2, -0.15) is 0 Å². The number of unbranched alkanes of at least 4 members (excludes halogenated alkanes) is 1. The number of benzene rings is 1. The number of ether oxygens (including phenoxy) is 1. The highest BCUT2D eigenvalue weighted by Gasteiger charge is 2.10. The fraction of sp³-hybridized carbons (Fsp3) is 0.263. The maximum Gasteiger partial charge on any atom is 0.251 e. The Labute approximate surface area is 150 Å². The first-order valence-corrected chi connectivity index (χ1v) is 9.14. The Morgan fingerprint density at radius 1 is 1.28 bits per heavy atom. The average molecular weight is 356 g/mol. The van der Waals surface area contributed by atoms with E-state index in [4.69, 9.17) is 9.26 Å². The minimum atomic E-state index is -0.152. The van der Waals surface area contributed by atoms with Crippen molar-refractivity contribution in [2.24, 2.45) is 0 Å². The molecule has 130 valence electrons. The van der Waals surface area contributed by atoms with E-state index >= 15 is 0 Å². The molecular weight excluding hydrogens is 336 g/mol. The molecule has 0 atom stereocenters. The molecule has 1 amide bonds. The van der Waals surface area contributed by atoms with E-state index in [1.807, 2.05) is 35.7 Å². The van der Waals surface area contributed by atoms with E-state index in [0.29, 0.717) is 30.2 Å². The predicted octanol–water partition coefficient (Wildman–Crippen LogP) is 4.51. The van der Waals surface area contributed by atoms with Gasteiger partial charge in [-0.05, 0) is 42.1 Å². The summed E-state index contributed by atoms with van der Waals surface area (Å²) in [6.07, 6.45) is 2.12. The van der Waals surface area contributed by atoms with Crippen LogP contribution in [0.15, 0.2) is 52.4 Å². The van der Waals surface area contributed by atoms with Crippen LogP contribution in [0.25, 0.3) is 10.6 Å². The van der Waals surface area contributed by atoms with E-state index < -0.39 is 0 Å². The van der Waals surface area contributed by atoms with Crippen molar-refractivity contribution in [1.29, 1.82) is 0 Å². The van der Waals surface area contributed by atoms with Gasteiger partial charge in [-0.15, -0.1) is 11.3 Å². The molecule has 0 unspecified atom stereocenters. The van der Waals surface area contributed by atoms with Crippen molar-refractivity contribution in [1.82, 2.24) is 10.5 Å². The summed E-state index contributed by atoms with van der Waals surface area (Å²) >= 11 is 1.59. The van der Waals surface area contributed by atoms with E-state index in [0.717, 1.165) is 23.5 Å². The van der Waals surface area contributed by atoms with Gasteiger partial charge in [-0.1, -0.05) is 24.6 Å². The van der Waals surface area contributed by atoms with Crippen LogP contribution in [0.3, 0.4) is 0 Å². The van der Waals surface area contributed by atoms with Gasteiger partial charge in [0.05, 0.1) is 18.0 Å². The molecule has 0 saturated carbocycles. The first-order valence-electron chi connectivity index (χ1n) is 8.27. The number of rotatable bonds is 8. The number of carbonyl (C=O) groups excluding carboxylic acids is 1. The molecule has 0 fully saturated rings. The molecule has 3 rings (SSSR count). The summed E-state index contributed by atoms with van der Waals surface area (Å²) in [5.41, 5.74) is 1.28. The van der Waals surface area contributed by atoms with Gasteiger partial charge in [0, 0.05) is 11.6 Å². The summed E-state index contributed by atoms with van der Waals surface area (Å²) in [5.74, 6) is 1.34. The molecule has 0 bridgehead atoms. The second kappa shape index (κ2) is 8.48. The maximum atomic E-state index is 12.2. The first-order chi connectivity index (χ1) is 12.3. The van der Waals surface area contributed by atoms with Gasteiger partial charge in [0.15, 0.2) is 5.76 Å². The lowest BCUT2D eigenvalue weighted by atomic mass is 10.2. The predicted molar refractivity (Wildman–Crippen MR) is 97.8 cm³/mol. The number of nitrogens with one attached hydrogen (secondary N) is 1. The zero-order valence-electron chi connectivity index (χ0n) is 14.0. The Hall–Kier alpha value is -2.60. The van der Waals surface area contributed by atoms with Crippen molar-refractivity contribution < 1.29 is 14.1 Å². The Kier molecular flexibility index (Phi) is 5.85. The third-order valence-electron chi connectivity index (χ3n) is 3.64. The van der Waals surface area contributed by atoms with Gasteiger partial charge in [0.1, 0.15) is 11.4 Å². The Bertz CT molecular complexity index is 794. The molecular formula is C19H20N2O3S. The second-order valence-corrected chi connectivity index (χ2v) is 6.52. The molecule has 25 heavy (non-hydrogen) atoms. The fourth-order valence-electron chi connectivity index (χ4n) is 2.24. The van der Waals surface area contributed by atoms with Gasteiger partial charge in [-0.25, -0.2) is 0 Å². The normalized spacial score (nSPS) is 10.6. The number of amides is 1. The molecule has 2 heterocycles.